The molecule has 2 aliphatic rings. The average Bonchev–Trinajstić information content (AvgIpc) is 3.22. The van der Waals surface area contributed by atoms with E-state index < -0.39 is 0 Å². The number of furan rings is 1. The lowest BCUT2D eigenvalue weighted by atomic mass is 10.0. The molecule has 4 heteroatoms. The van der Waals surface area contributed by atoms with Gasteiger partial charge in [-0.3, -0.25) is 4.90 Å². The van der Waals surface area contributed by atoms with E-state index in [4.69, 9.17) is 10.2 Å². The molecular formula is C16H27N3O. The van der Waals surface area contributed by atoms with E-state index in [1.54, 1.807) is 6.26 Å². The van der Waals surface area contributed by atoms with E-state index in [2.05, 4.69) is 16.3 Å². The molecule has 2 fully saturated rings. The Kier molecular flexibility index (Phi) is 4.76. The zero-order valence-electron chi connectivity index (χ0n) is 12.3. The van der Waals surface area contributed by atoms with E-state index in [-0.39, 0.29) is 0 Å². The van der Waals surface area contributed by atoms with Crippen LogP contribution < -0.4 is 11.1 Å². The molecule has 0 aromatic carbocycles. The number of rotatable bonds is 6. The Morgan fingerprint density at radius 3 is 2.85 bits per heavy atom. The van der Waals surface area contributed by atoms with Crippen molar-refractivity contribution in [3.05, 3.63) is 24.2 Å². The Morgan fingerprint density at radius 1 is 1.30 bits per heavy atom. The second kappa shape index (κ2) is 6.74. The molecule has 112 valence electrons. The first-order valence-electron chi connectivity index (χ1n) is 8.09. The van der Waals surface area contributed by atoms with Gasteiger partial charge in [0, 0.05) is 12.6 Å². The van der Waals surface area contributed by atoms with Gasteiger partial charge < -0.3 is 15.5 Å². The molecule has 2 heterocycles. The fraction of sp³-hybridized carbons (Fsp3) is 0.750. The number of nitrogens with one attached hydrogen (secondary N) is 1. The van der Waals surface area contributed by atoms with Gasteiger partial charge >= 0.3 is 0 Å². The van der Waals surface area contributed by atoms with E-state index in [0.29, 0.717) is 18.0 Å². The maximum absolute atomic E-state index is 5.88. The van der Waals surface area contributed by atoms with E-state index >= 15 is 0 Å². The molecule has 1 aliphatic heterocycles. The summed E-state index contributed by atoms with van der Waals surface area (Å²) in [4.78, 5) is 2.55. The highest BCUT2D eigenvalue weighted by Crippen LogP contribution is 2.28. The van der Waals surface area contributed by atoms with Gasteiger partial charge in [0.05, 0.1) is 12.3 Å². The van der Waals surface area contributed by atoms with Crippen molar-refractivity contribution in [2.45, 2.75) is 44.2 Å². The number of hydrogen-bond donors (Lipinski definition) is 2. The summed E-state index contributed by atoms with van der Waals surface area (Å²) in [7, 11) is 0. The van der Waals surface area contributed by atoms with Gasteiger partial charge in [0.2, 0.25) is 0 Å². The SMILES string of the molecule is NCC1CCCC1NCC(c1ccco1)N1CCCC1. The highest BCUT2D eigenvalue weighted by atomic mass is 16.3. The summed E-state index contributed by atoms with van der Waals surface area (Å²) < 4.78 is 5.67. The van der Waals surface area contributed by atoms with Crippen LogP contribution in [0.2, 0.25) is 0 Å². The predicted octanol–water partition coefficient (Wildman–Crippen LogP) is 2.13. The summed E-state index contributed by atoms with van der Waals surface area (Å²) in [6.07, 6.45) is 8.28. The zero-order valence-corrected chi connectivity index (χ0v) is 12.3. The maximum atomic E-state index is 5.88. The summed E-state index contributed by atoms with van der Waals surface area (Å²) in [6, 6.07) is 5.09. The first-order valence-corrected chi connectivity index (χ1v) is 8.09. The van der Waals surface area contributed by atoms with Crippen LogP contribution in [-0.4, -0.2) is 37.1 Å². The van der Waals surface area contributed by atoms with Crippen LogP contribution >= 0.6 is 0 Å². The topological polar surface area (TPSA) is 54.4 Å². The molecule has 1 aromatic heterocycles. The van der Waals surface area contributed by atoms with Crippen molar-refractivity contribution in [2.24, 2.45) is 11.7 Å². The maximum Gasteiger partial charge on any atom is 0.122 e. The van der Waals surface area contributed by atoms with Crippen molar-refractivity contribution in [1.82, 2.24) is 10.2 Å². The third-order valence-corrected chi connectivity index (χ3v) is 4.99. The molecule has 1 saturated heterocycles. The molecule has 0 bridgehead atoms. The van der Waals surface area contributed by atoms with Crippen molar-refractivity contribution >= 4 is 0 Å². The lowest BCUT2D eigenvalue weighted by Gasteiger charge is -2.29. The van der Waals surface area contributed by atoms with Crippen LogP contribution in [0.25, 0.3) is 0 Å². The molecule has 3 N–H and O–H groups in total. The van der Waals surface area contributed by atoms with Crippen LogP contribution in [0.4, 0.5) is 0 Å². The van der Waals surface area contributed by atoms with Crippen LogP contribution in [0.3, 0.4) is 0 Å². The zero-order chi connectivity index (χ0) is 13.8. The predicted molar refractivity (Wildman–Crippen MR) is 80.4 cm³/mol. The van der Waals surface area contributed by atoms with E-state index in [9.17, 15) is 0 Å². The van der Waals surface area contributed by atoms with Crippen LogP contribution in [-0.2, 0) is 0 Å². The Morgan fingerprint density at radius 2 is 2.15 bits per heavy atom. The van der Waals surface area contributed by atoms with Crippen molar-refractivity contribution in [3.63, 3.8) is 0 Å². The summed E-state index contributed by atoms with van der Waals surface area (Å²) >= 11 is 0. The van der Waals surface area contributed by atoms with E-state index in [0.717, 1.165) is 18.8 Å². The molecule has 4 nitrogen and oxygen atoms in total. The summed E-state index contributed by atoms with van der Waals surface area (Å²) in [6.45, 7) is 4.18. The summed E-state index contributed by atoms with van der Waals surface area (Å²) in [5, 5.41) is 3.77. The summed E-state index contributed by atoms with van der Waals surface area (Å²) in [5.41, 5.74) is 5.88. The van der Waals surface area contributed by atoms with Crippen molar-refractivity contribution < 1.29 is 4.42 Å². The first kappa shape index (κ1) is 14.1. The largest absolute Gasteiger partial charge is 0.468 e. The Bertz CT molecular complexity index is 386. The van der Waals surface area contributed by atoms with Gasteiger partial charge in [-0.25, -0.2) is 0 Å². The van der Waals surface area contributed by atoms with Crippen molar-refractivity contribution in [1.29, 1.82) is 0 Å². The fourth-order valence-corrected chi connectivity index (χ4v) is 3.79. The first-order chi connectivity index (χ1) is 9.88. The molecule has 1 aliphatic carbocycles. The average molecular weight is 277 g/mol. The van der Waals surface area contributed by atoms with Gasteiger partial charge in [0.1, 0.15) is 5.76 Å². The Hall–Kier alpha value is -0.840. The highest BCUT2D eigenvalue weighted by molar-refractivity contribution is 5.06. The molecule has 20 heavy (non-hydrogen) atoms. The number of likely N-dealkylation sites (tertiary alicyclic amines) is 1. The Labute approximate surface area is 121 Å². The van der Waals surface area contributed by atoms with Gasteiger partial charge in [-0.05, 0) is 63.4 Å². The molecule has 3 atom stereocenters. The second-order valence-corrected chi connectivity index (χ2v) is 6.22. The van der Waals surface area contributed by atoms with Gasteiger partial charge in [0.25, 0.3) is 0 Å². The van der Waals surface area contributed by atoms with E-state index in [1.165, 1.54) is 45.2 Å². The molecule has 3 unspecified atom stereocenters. The van der Waals surface area contributed by atoms with Crippen LogP contribution in [0, 0.1) is 5.92 Å². The fourth-order valence-electron chi connectivity index (χ4n) is 3.79. The molecule has 0 amide bonds. The number of nitrogens with zero attached hydrogens (tertiary/aromatic N) is 1. The minimum atomic E-state index is 0.381. The van der Waals surface area contributed by atoms with Gasteiger partial charge in [-0.1, -0.05) is 6.42 Å². The Balaban J connectivity index is 1.61. The van der Waals surface area contributed by atoms with Gasteiger partial charge in [-0.15, -0.1) is 0 Å². The second-order valence-electron chi connectivity index (χ2n) is 6.22. The molecule has 0 spiro atoms. The summed E-state index contributed by atoms with van der Waals surface area (Å²) in [5.74, 6) is 1.76. The molecule has 1 aromatic rings. The third-order valence-electron chi connectivity index (χ3n) is 4.99. The highest BCUT2D eigenvalue weighted by Gasteiger charge is 2.29. The molecular weight excluding hydrogens is 250 g/mol. The van der Waals surface area contributed by atoms with E-state index in [1.807, 2.05) is 6.07 Å². The lowest BCUT2D eigenvalue weighted by Crippen LogP contribution is -2.41. The number of nitrogens with two attached hydrogens (primary N) is 1. The van der Waals surface area contributed by atoms with Crippen molar-refractivity contribution in [2.75, 3.05) is 26.2 Å². The lowest BCUT2D eigenvalue weighted by molar-refractivity contribution is 0.200. The molecule has 1 saturated carbocycles. The quantitative estimate of drug-likeness (QED) is 0.836. The van der Waals surface area contributed by atoms with Crippen LogP contribution in [0.1, 0.15) is 43.9 Å². The smallest absolute Gasteiger partial charge is 0.122 e. The minimum Gasteiger partial charge on any atom is -0.468 e. The monoisotopic (exact) mass is 277 g/mol. The van der Waals surface area contributed by atoms with Gasteiger partial charge in [-0.2, -0.15) is 0 Å². The third kappa shape index (κ3) is 3.08. The normalized spacial score (nSPS) is 29.1. The minimum absolute atomic E-state index is 0.381. The van der Waals surface area contributed by atoms with Crippen molar-refractivity contribution in [3.8, 4) is 0 Å². The molecule has 0 radical (unpaired) electrons. The number of hydrogen-bond acceptors (Lipinski definition) is 4. The standard InChI is InChI=1S/C16H27N3O/c17-11-13-5-3-6-14(13)18-12-15(16-7-4-10-20-16)19-8-1-2-9-19/h4,7,10,13-15,18H,1-3,5-6,8-9,11-12,17H2. The van der Waals surface area contributed by atoms with Gasteiger partial charge in [0.15, 0.2) is 0 Å². The van der Waals surface area contributed by atoms with Crippen LogP contribution in [0.5, 0.6) is 0 Å². The molecule has 3 rings (SSSR count). The van der Waals surface area contributed by atoms with Crippen LogP contribution in [0.15, 0.2) is 22.8 Å².